The van der Waals surface area contributed by atoms with Crippen molar-refractivity contribution in [1.29, 1.82) is 0 Å². The van der Waals surface area contributed by atoms with Gasteiger partial charge in [-0.25, -0.2) is 0 Å². The fourth-order valence-corrected chi connectivity index (χ4v) is 0.967. The van der Waals surface area contributed by atoms with Crippen LogP contribution in [0.4, 0.5) is 0 Å². The van der Waals surface area contributed by atoms with E-state index >= 15 is 0 Å². The van der Waals surface area contributed by atoms with Crippen LogP contribution in [0.25, 0.3) is 0 Å². The maximum atomic E-state index is 9.06. The number of aliphatic hydroxyl groups is 2. The molecule has 1 aliphatic carbocycles. The largest absolute Gasteiger partial charge is 0.504 e. The minimum absolute atomic E-state index is 0.000625. The average Bonchev–Trinajstić information content (AvgIpc) is 1.79. The highest BCUT2D eigenvalue weighted by atomic mass is 16.3. The molecule has 56 valence electrons. The fourth-order valence-electron chi connectivity index (χ4n) is 0.967. The van der Waals surface area contributed by atoms with E-state index in [1.54, 1.807) is 12.2 Å². The van der Waals surface area contributed by atoms with Gasteiger partial charge in [0.25, 0.3) is 0 Å². The van der Waals surface area contributed by atoms with Crippen LogP contribution in [0, 0.1) is 5.41 Å². The molecule has 2 N–H and O–H groups in total. The Labute approximate surface area is 60.5 Å². The van der Waals surface area contributed by atoms with Gasteiger partial charge in [0.1, 0.15) is 0 Å². The van der Waals surface area contributed by atoms with Crippen LogP contribution in [-0.2, 0) is 0 Å². The Morgan fingerprint density at radius 1 is 1.30 bits per heavy atom. The van der Waals surface area contributed by atoms with Crippen molar-refractivity contribution >= 4 is 0 Å². The van der Waals surface area contributed by atoms with Crippen molar-refractivity contribution in [2.75, 3.05) is 0 Å². The average molecular weight is 140 g/mol. The summed E-state index contributed by atoms with van der Waals surface area (Å²) in [5, 5.41) is 18.0. The lowest BCUT2D eigenvalue weighted by molar-refractivity contribution is 0.298. The van der Waals surface area contributed by atoms with Crippen LogP contribution in [0.5, 0.6) is 0 Å². The highest BCUT2D eigenvalue weighted by Crippen LogP contribution is 2.30. The third-order valence-corrected chi connectivity index (χ3v) is 1.61. The molecule has 0 radical (unpaired) electrons. The second-order valence-corrected chi connectivity index (χ2v) is 3.31. The normalized spacial score (nSPS) is 23.4. The number of rotatable bonds is 0. The smallest absolute Gasteiger partial charge is 0.153 e. The molecule has 0 saturated heterocycles. The third-order valence-electron chi connectivity index (χ3n) is 1.61. The van der Waals surface area contributed by atoms with Crippen molar-refractivity contribution in [3.8, 4) is 0 Å². The summed E-state index contributed by atoms with van der Waals surface area (Å²) in [6.45, 7) is 4.01. The monoisotopic (exact) mass is 140 g/mol. The first-order valence-corrected chi connectivity index (χ1v) is 3.33. The maximum Gasteiger partial charge on any atom is 0.153 e. The Balaban J connectivity index is 2.87. The molecule has 0 aromatic heterocycles. The van der Waals surface area contributed by atoms with Gasteiger partial charge in [0, 0.05) is 0 Å². The molecule has 0 aromatic rings. The zero-order valence-corrected chi connectivity index (χ0v) is 6.26. The molecule has 0 aromatic carbocycles. The number of hydrogen-bond donors (Lipinski definition) is 2. The predicted molar refractivity (Wildman–Crippen MR) is 39.8 cm³/mol. The molecular formula is C8H12O2. The van der Waals surface area contributed by atoms with Crippen LogP contribution < -0.4 is 0 Å². The minimum Gasteiger partial charge on any atom is -0.504 e. The summed E-state index contributed by atoms with van der Waals surface area (Å²) in [6.07, 6.45) is 4.08. The van der Waals surface area contributed by atoms with Crippen LogP contribution in [0.15, 0.2) is 23.7 Å². The van der Waals surface area contributed by atoms with E-state index in [-0.39, 0.29) is 16.9 Å². The highest BCUT2D eigenvalue weighted by molar-refractivity contribution is 5.25. The van der Waals surface area contributed by atoms with Gasteiger partial charge >= 0.3 is 0 Å². The Hall–Kier alpha value is -0.920. The molecule has 2 nitrogen and oxygen atoms in total. The molecule has 1 aliphatic rings. The predicted octanol–water partition coefficient (Wildman–Crippen LogP) is 2.30. The Morgan fingerprint density at radius 3 is 2.30 bits per heavy atom. The van der Waals surface area contributed by atoms with Crippen molar-refractivity contribution in [2.24, 2.45) is 5.41 Å². The molecule has 0 spiro atoms. The van der Waals surface area contributed by atoms with E-state index < -0.39 is 0 Å². The van der Waals surface area contributed by atoms with Crippen molar-refractivity contribution in [1.82, 2.24) is 0 Å². The van der Waals surface area contributed by atoms with Gasteiger partial charge in [-0.1, -0.05) is 13.8 Å². The van der Waals surface area contributed by atoms with Gasteiger partial charge in [0.15, 0.2) is 11.5 Å². The molecule has 2 heteroatoms. The van der Waals surface area contributed by atoms with Gasteiger partial charge in [-0.15, -0.1) is 0 Å². The second-order valence-electron chi connectivity index (χ2n) is 3.31. The van der Waals surface area contributed by atoms with E-state index in [1.807, 2.05) is 13.8 Å². The van der Waals surface area contributed by atoms with Crippen LogP contribution in [0.1, 0.15) is 20.3 Å². The van der Waals surface area contributed by atoms with Gasteiger partial charge in [-0.2, -0.15) is 0 Å². The van der Waals surface area contributed by atoms with Crippen molar-refractivity contribution in [3.05, 3.63) is 23.7 Å². The van der Waals surface area contributed by atoms with Gasteiger partial charge < -0.3 is 10.2 Å². The summed E-state index contributed by atoms with van der Waals surface area (Å²) < 4.78 is 0. The number of aliphatic hydroxyl groups excluding tert-OH is 2. The standard InChI is InChI=1S/C8H12O2/c1-8(2)4-3-6(9)7(10)5-8/h3,5,9-10H,4H2,1-2H3. The molecule has 0 unspecified atom stereocenters. The topological polar surface area (TPSA) is 40.5 Å². The molecule has 0 bridgehead atoms. The zero-order valence-electron chi connectivity index (χ0n) is 6.26. The first kappa shape index (κ1) is 7.19. The molecule has 0 fully saturated rings. The zero-order chi connectivity index (χ0) is 7.78. The van der Waals surface area contributed by atoms with E-state index in [4.69, 9.17) is 10.2 Å². The van der Waals surface area contributed by atoms with Crippen LogP contribution in [0.3, 0.4) is 0 Å². The molecular weight excluding hydrogens is 128 g/mol. The molecule has 10 heavy (non-hydrogen) atoms. The van der Waals surface area contributed by atoms with Gasteiger partial charge in [0.2, 0.25) is 0 Å². The highest BCUT2D eigenvalue weighted by Gasteiger charge is 2.20. The van der Waals surface area contributed by atoms with Gasteiger partial charge in [-0.3, -0.25) is 0 Å². The third kappa shape index (κ3) is 1.32. The fraction of sp³-hybridized carbons (Fsp3) is 0.500. The minimum atomic E-state index is -0.0175. The van der Waals surface area contributed by atoms with E-state index in [0.717, 1.165) is 6.42 Å². The molecule has 0 amide bonds. The van der Waals surface area contributed by atoms with Crippen LogP contribution in [0.2, 0.25) is 0 Å². The van der Waals surface area contributed by atoms with E-state index in [2.05, 4.69) is 0 Å². The Kier molecular flexibility index (Phi) is 1.47. The van der Waals surface area contributed by atoms with Crippen LogP contribution in [-0.4, -0.2) is 10.2 Å². The van der Waals surface area contributed by atoms with Crippen molar-refractivity contribution in [3.63, 3.8) is 0 Å². The summed E-state index contributed by atoms with van der Waals surface area (Å²) >= 11 is 0. The molecule has 0 saturated carbocycles. The summed E-state index contributed by atoms with van der Waals surface area (Å²) in [6, 6.07) is 0. The van der Waals surface area contributed by atoms with Crippen molar-refractivity contribution < 1.29 is 10.2 Å². The Bertz CT molecular complexity index is 199. The number of allylic oxidation sites excluding steroid dienone is 2. The lowest BCUT2D eigenvalue weighted by atomic mass is 9.85. The summed E-state index contributed by atoms with van der Waals surface area (Å²) in [7, 11) is 0. The maximum absolute atomic E-state index is 9.06. The number of hydrogen-bond acceptors (Lipinski definition) is 2. The lowest BCUT2D eigenvalue weighted by Gasteiger charge is -2.22. The van der Waals surface area contributed by atoms with Crippen molar-refractivity contribution in [2.45, 2.75) is 20.3 Å². The SMILES string of the molecule is CC1(C)C=C(O)C(O)=CC1. The summed E-state index contributed by atoms with van der Waals surface area (Å²) in [4.78, 5) is 0. The molecule has 0 atom stereocenters. The van der Waals surface area contributed by atoms with Crippen LogP contribution >= 0.6 is 0 Å². The molecule has 0 aliphatic heterocycles. The van der Waals surface area contributed by atoms with E-state index in [9.17, 15) is 0 Å². The summed E-state index contributed by atoms with van der Waals surface area (Å²) in [5.41, 5.74) is -0.0175. The van der Waals surface area contributed by atoms with Gasteiger partial charge in [0.05, 0.1) is 0 Å². The lowest BCUT2D eigenvalue weighted by Crippen LogP contribution is -2.12. The first-order valence-electron chi connectivity index (χ1n) is 3.33. The molecule has 0 heterocycles. The van der Waals surface area contributed by atoms with E-state index in [0.29, 0.717) is 0 Å². The first-order chi connectivity index (χ1) is 4.51. The summed E-state index contributed by atoms with van der Waals surface area (Å²) in [5.74, 6) is -0.00410. The molecule has 1 rings (SSSR count). The second kappa shape index (κ2) is 2.04. The quantitative estimate of drug-likeness (QED) is 0.542. The van der Waals surface area contributed by atoms with Gasteiger partial charge in [-0.05, 0) is 24.0 Å². The van der Waals surface area contributed by atoms with E-state index in [1.165, 1.54) is 0 Å². The Morgan fingerprint density at radius 2 is 1.90 bits per heavy atom.